The van der Waals surface area contributed by atoms with Gasteiger partial charge in [-0.25, -0.2) is 14.4 Å². The van der Waals surface area contributed by atoms with Crippen LogP contribution in [0.15, 0.2) is 59.1 Å². The maximum Gasteiger partial charge on any atom is 0.337 e. The van der Waals surface area contributed by atoms with Gasteiger partial charge in [0.2, 0.25) is 0 Å². The largest absolute Gasteiger partial charge is 0.478 e. The molecule has 0 unspecified atom stereocenters. The van der Waals surface area contributed by atoms with Crippen LogP contribution >= 0.6 is 15.9 Å². The van der Waals surface area contributed by atoms with Crippen LogP contribution in [0.1, 0.15) is 58.9 Å². The van der Waals surface area contributed by atoms with Crippen molar-refractivity contribution in [1.82, 2.24) is 0 Å². The molecule has 1 N–H and O–H groups in total. The first kappa shape index (κ1) is 30.6. The van der Waals surface area contributed by atoms with Crippen molar-refractivity contribution in [2.45, 2.75) is 20.8 Å². The van der Waals surface area contributed by atoms with Gasteiger partial charge >= 0.3 is 17.9 Å². The number of aryl methyl sites for hydroxylation is 3. The van der Waals surface area contributed by atoms with Gasteiger partial charge in [-0.2, -0.15) is 10.5 Å². The second-order valence-electron chi connectivity index (χ2n) is 7.54. The zero-order valence-electron chi connectivity index (χ0n) is 21.0. The van der Waals surface area contributed by atoms with E-state index in [9.17, 15) is 14.4 Å². The minimum atomic E-state index is -0.970. The number of nitrogens with zero attached hydrogens (tertiary/aromatic N) is 2. The van der Waals surface area contributed by atoms with E-state index >= 15 is 0 Å². The van der Waals surface area contributed by atoms with Gasteiger partial charge in [0.25, 0.3) is 0 Å². The Morgan fingerprint density at radius 2 is 1.08 bits per heavy atom. The highest BCUT2D eigenvalue weighted by atomic mass is 79.9. The molecule has 0 saturated carbocycles. The molecule has 0 heterocycles. The second-order valence-corrected chi connectivity index (χ2v) is 8.39. The second kappa shape index (κ2) is 14.8. The molecule has 0 aliphatic rings. The van der Waals surface area contributed by atoms with Crippen LogP contribution in [0, 0.1) is 43.4 Å². The molecule has 37 heavy (non-hydrogen) atoms. The van der Waals surface area contributed by atoms with Gasteiger partial charge in [0.1, 0.15) is 0 Å². The first-order valence-electron chi connectivity index (χ1n) is 10.7. The van der Waals surface area contributed by atoms with Crippen molar-refractivity contribution < 1.29 is 29.0 Å². The Labute approximate surface area is 223 Å². The Morgan fingerprint density at radius 1 is 0.703 bits per heavy atom. The summed E-state index contributed by atoms with van der Waals surface area (Å²) in [5.74, 6) is -1.65. The lowest BCUT2D eigenvalue weighted by Gasteiger charge is -2.01. The van der Waals surface area contributed by atoms with Crippen LogP contribution in [0.2, 0.25) is 0 Å². The van der Waals surface area contributed by atoms with Crippen molar-refractivity contribution in [2.75, 3.05) is 14.2 Å². The van der Waals surface area contributed by atoms with E-state index in [1.165, 1.54) is 32.4 Å². The molecule has 3 aromatic carbocycles. The van der Waals surface area contributed by atoms with Gasteiger partial charge < -0.3 is 14.6 Å². The third kappa shape index (κ3) is 9.25. The molecule has 0 saturated heterocycles. The quantitative estimate of drug-likeness (QED) is 0.396. The number of hydrogen-bond donors (Lipinski definition) is 1. The SMILES string of the molecule is COC(=O)c1ccc(Br)c(C)c1.COC(=O)c1ccc(C#N)c(C)c1.Cc1cc(C(=O)O)ccc1C#N. The van der Waals surface area contributed by atoms with Gasteiger partial charge in [-0.3, -0.25) is 0 Å². The van der Waals surface area contributed by atoms with Crippen molar-refractivity contribution in [1.29, 1.82) is 10.5 Å². The Hall–Kier alpha value is -4.47. The van der Waals surface area contributed by atoms with Crippen LogP contribution in [0.3, 0.4) is 0 Å². The van der Waals surface area contributed by atoms with Crippen LogP contribution in [-0.2, 0) is 9.47 Å². The van der Waals surface area contributed by atoms with Gasteiger partial charge in [-0.05, 0) is 92.1 Å². The average molecular weight is 565 g/mol. The number of carboxylic acids is 1. The Bertz CT molecular complexity index is 1390. The summed E-state index contributed by atoms with van der Waals surface area (Å²) < 4.78 is 10.1. The number of carboxylic acid groups (broad SMARTS) is 1. The number of hydrogen-bond acceptors (Lipinski definition) is 7. The molecule has 0 fully saturated rings. The zero-order valence-corrected chi connectivity index (χ0v) is 22.5. The molecule has 3 rings (SSSR count). The summed E-state index contributed by atoms with van der Waals surface area (Å²) >= 11 is 3.35. The van der Waals surface area contributed by atoms with Crippen LogP contribution in [0.25, 0.3) is 0 Å². The van der Waals surface area contributed by atoms with Gasteiger partial charge in [-0.1, -0.05) is 15.9 Å². The number of rotatable bonds is 3. The van der Waals surface area contributed by atoms with Crippen molar-refractivity contribution in [3.8, 4) is 12.1 Å². The van der Waals surface area contributed by atoms with E-state index in [1.54, 1.807) is 44.2 Å². The van der Waals surface area contributed by atoms with Gasteiger partial charge in [0, 0.05) is 4.47 Å². The molecule has 0 spiro atoms. The fourth-order valence-electron chi connectivity index (χ4n) is 2.85. The molecule has 0 amide bonds. The molecule has 3 aromatic rings. The smallest absolute Gasteiger partial charge is 0.337 e. The van der Waals surface area contributed by atoms with E-state index in [4.69, 9.17) is 15.6 Å². The van der Waals surface area contributed by atoms with Gasteiger partial charge in [-0.15, -0.1) is 0 Å². The number of benzene rings is 3. The van der Waals surface area contributed by atoms with E-state index in [0.29, 0.717) is 27.8 Å². The number of ether oxygens (including phenoxy) is 2. The third-order valence-electron chi connectivity index (χ3n) is 4.94. The normalized spacial score (nSPS) is 9.19. The molecule has 0 atom stereocenters. The minimum Gasteiger partial charge on any atom is -0.478 e. The van der Waals surface area contributed by atoms with E-state index < -0.39 is 5.97 Å². The number of aromatic carboxylic acids is 1. The van der Waals surface area contributed by atoms with E-state index in [-0.39, 0.29) is 17.5 Å². The van der Waals surface area contributed by atoms with Crippen molar-refractivity contribution in [2.24, 2.45) is 0 Å². The highest BCUT2D eigenvalue weighted by Gasteiger charge is 2.07. The lowest BCUT2D eigenvalue weighted by molar-refractivity contribution is 0.0591. The Kier molecular flexibility index (Phi) is 12.2. The lowest BCUT2D eigenvalue weighted by atomic mass is 10.1. The topological polar surface area (TPSA) is 137 Å². The van der Waals surface area contributed by atoms with Crippen LogP contribution in [0.4, 0.5) is 0 Å². The molecule has 190 valence electrons. The minimum absolute atomic E-state index is 0.214. The number of carbonyl (C=O) groups excluding carboxylic acids is 2. The number of carbonyl (C=O) groups is 3. The maximum atomic E-state index is 11.1. The number of esters is 2. The first-order chi connectivity index (χ1) is 17.5. The van der Waals surface area contributed by atoms with Crippen molar-refractivity contribution in [3.05, 3.63) is 104 Å². The highest BCUT2D eigenvalue weighted by molar-refractivity contribution is 9.10. The van der Waals surface area contributed by atoms with E-state index in [2.05, 4.69) is 25.4 Å². The molecule has 0 bridgehead atoms. The molecule has 0 radical (unpaired) electrons. The van der Waals surface area contributed by atoms with Gasteiger partial charge in [0.05, 0.1) is 54.2 Å². The van der Waals surface area contributed by atoms with Gasteiger partial charge in [0.15, 0.2) is 0 Å². The monoisotopic (exact) mass is 564 g/mol. The Morgan fingerprint density at radius 3 is 1.43 bits per heavy atom. The lowest BCUT2D eigenvalue weighted by Crippen LogP contribution is -2.01. The van der Waals surface area contributed by atoms with Crippen molar-refractivity contribution in [3.63, 3.8) is 0 Å². The van der Waals surface area contributed by atoms with E-state index in [0.717, 1.165) is 15.6 Å². The maximum absolute atomic E-state index is 11.1. The molecular formula is C28H25BrN2O6. The third-order valence-corrected chi connectivity index (χ3v) is 5.83. The first-order valence-corrected chi connectivity index (χ1v) is 11.5. The predicted octanol–water partition coefficient (Wildman–Crippen LogP) is 5.76. The average Bonchev–Trinajstić information content (AvgIpc) is 2.89. The summed E-state index contributed by atoms with van der Waals surface area (Å²) in [6, 6.07) is 18.6. The summed E-state index contributed by atoms with van der Waals surface area (Å²) in [5, 5.41) is 25.8. The Balaban J connectivity index is 0.000000278. The summed E-state index contributed by atoms with van der Waals surface area (Å²) in [4.78, 5) is 32.6. The molecule has 8 nitrogen and oxygen atoms in total. The molecular weight excluding hydrogens is 540 g/mol. The number of methoxy groups -OCH3 is 2. The highest BCUT2D eigenvalue weighted by Crippen LogP contribution is 2.17. The standard InChI is InChI=1S/C10H9NO2.C9H9BrO2.C9H7NO2/c1-7-5-8(10(12)13-2)3-4-9(7)6-11;1-6-5-7(9(11)12-2)3-4-8(6)10;1-6-4-7(9(11)12)2-3-8(6)5-10/h3-5H,1-2H3;3-5H,1-2H3;2-4H,1H3,(H,11,12). The molecule has 0 aliphatic carbocycles. The summed E-state index contributed by atoms with van der Waals surface area (Å²) in [5.41, 5.74) is 4.86. The molecule has 0 aromatic heterocycles. The number of halogens is 1. The van der Waals surface area contributed by atoms with E-state index in [1.807, 2.05) is 25.1 Å². The predicted molar refractivity (Wildman–Crippen MR) is 140 cm³/mol. The molecule has 9 heteroatoms. The van der Waals surface area contributed by atoms with Crippen LogP contribution in [-0.4, -0.2) is 37.2 Å². The van der Waals surface area contributed by atoms with Crippen LogP contribution < -0.4 is 0 Å². The van der Waals surface area contributed by atoms with Crippen molar-refractivity contribution >= 4 is 33.8 Å². The molecule has 0 aliphatic heterocycles. The zero-order chi connectivity index (χ0) is 28.1. The van der Waals surface area contributed by atoms with Crippen LogP contribution in [0.5, 0.6) is 0 Å². The summed E-state index contributed by atoms with van der Waals surface area (Å²) in [6.07, 6.45) is 0. The fourth-order valence-corrected chi connectivity index (χ4v) is 3.09. The number of nitriles is 2. The summed E-state index contributed by atoms with van der Waals surface area (Å²) in [6.45, 7) is 5.42. The fraction of sp³-hybridized carbons (Fsp3) is 0.179. The summed E-state index contributed by atoms with van der Waals surface area (Å²) in [7, 11) is 2.70.